The summed E-state index contributed by atoms with van der Waals surface area (Å²) in [6, 6.07) is 0. The SMILES string of the molecule is CCNC(=NCC(C)(C)N1CCOCC1)NCC1CCCN(CC(C)C)C1. The zero-order valence-corrected chi connectivity index (χ0v) is 18.4. The summed E-state index contributed by atoms with van der Waals surface area (Å²) in [7, 11) is 0. The molecule has 1 atom stereocenters. The molecule has 2 saturated heterocycles. The van der Waals surface area contributed by atoms with Crippen LogP contribution in [0.2, 0.25) is 0 Å². The van der Waals surface area contributed by atoms with Gasteiger partial charge in [0.05, 0.1) is 19.8 Å². The zero-order valence-electron chi connectivity index (χ0n) is 18.4. The maximum Gasteiger partial charge on any atom is 0.191 e. The van der Waals surface area contributed by atoms with Gasteiger partial charge in [-0.25, -0.2) is 0 Å². The van der Waals surface area contributed by atoms with Crippen LogP contribution in [0.25, 0.3) is 0 Å². The Morgan fingerprint density at radius 1 is 1.19 bits per heavy atom. The van der Waals surface area contributed by atoms with Crippen LogP contribution in [0.1, 0.15) is 47.5 Å². The second kappa shape index (κ2) is 11.2. The summed E-state index contributed by atoms with van der Waals surface area (Å²) in [6.45, 7) is 21.4. The van der Waals surface area contributed by atoms with Gasteiger partial charge in [0.25, 0.3) is 0 Å². The van der Waals surface area contributed by atoms with Crippen molar-refractivity contribution in [1.82, 2.24) is 20.4 Å². The maximum absolute atomic E-state index is 5.49. The lowest BCUT2D eigenvalue weighted by molar-refractivity contribution is -0.00684. The molecular formula is C21H43N5O. The summed E-state index contributed by atoms with van der Waals surface area (Å²) in [4.78, 5) is 10.0. The molecule has 0 bridgehead atoms. The number of nitrogens with zero attached hydrogens (tertiary/aromatic N) is 3. The molecule has 0 aromatic rings. The predicted octanol–water partition coefficient (Wildman–Crippen LogP) is 2.02. The molecule has 158 valence electrons. The number of aliphatic imine (C=N–C) groups is 1. The highest BCUT2D eigenvalue weighted by Gasteiger charge is 2.28. The zero-order chi connectivity index (χ0) is 19.7. The van der Waals surface area contributed by atoms with E-state index < -0.39 is 0 Å². The van der Waals surface area contributed by atoms with Crippen molar-refractivity contribution in [2.45, 2.75) is 53.0 Å². The van der Waals surface area contributed by atoms with Crippen LogP contribution >= 0.6 is 0 Å². The first-order chi connectivity index (χ1) is 12.9. The van der Waals surface area contributed by atoms with E-state index in [1.54, 1.807) is 0 Å². The van der Waals surface area contributed by atoms with Crippen LogP contribution in [-0.4, -0.2) is 86.9 Å². The van der Waals surface area contributed by atoms with E-state index in [4.69, 9.17) is 9.73 Å². The first kappa shape index (κ1) is 22.4. The molecule has 2 fully saturated rings. The summed E-state index contributed by atoms with van der Waals surface area (Å²) in [6.07, 6.45) is 2.64. The highest BCUT2D eigenvalue weighted by Crippen LogP contribution is 2.18. The van der Waals surface area contributed by atoms with Gasteiger partial charge >= 0.3 is 0 Å². The second-order valence-corrected chi connectivity index (χ2v) is 9.15. The Morgan fingerprint density at radius 2 is 1.93 bits per heavy atom. The molecule has 0 aromatic heterocycles. The van der Waals surface area contributed by atoms with Gasteiger partial charge in [0.1, 0.15) is 0 Å². The van der Waals surface area contributed by atoms with E-state index >= 15 is 0 Å². The highest BCUT2D eigenvalue weighted by atomic mass is 16.5. The Hall–Kier alpha value is -0.850. The maximum atomic E-state index is 5.49. The molecule has 2 aliphatic heterocycles. The molecule has 0 spiro atoms. The van der Waals surface area contributed by atoms with Crippen molar-refractivity contribution < 1.29 is 4.74 Å². The first-order valence-corrected chi connectivity index (χ1v) is 11.0. The van der Waals surface area contributed by atoms with Gasteiger partial charge in [0.15, 0.2) is 5.96 Å². The minimum absolute atomic E-state index is 0.0605. The fraction of sp³-hybridized carbons (Fsp3) is 0.952. The molecule has 6 nitrogen and oxygen atoms in total. The van der Waals surface area contributed by atoms with Crippen LogP contribution in [0, 0.1) is 11.8 Å². The average Bonchev–Trinajstić information content (AvgIpc) is 2.64. The summed E-state index contributed by atoms with van der Waals surface area (Å²) in [5.41, 5.74) is 0.0605. The molecule has 0 radical (unpaired) electrons. The Balaban J connectivity index is 1.83. The molecule has 0 amide bonds. The van der Waals surface area contributed by atoms with Gasteiger partial charge in [0.2, 0.25) is 0 Å². The Bertz CT molecular complexity index is 446. The van der Waals surface area contributed by atoms with E-state index in [0.717, 1.165) is 57.8 Å². The quantitative estimate of drug-likeness (QED) is 0.498. The number of guanidine groups is 1. The van der Waals surface area contributed by atoms with Crippen LogP contribution in [-0.2, 0) is 4.74 Å². The van der Waals surface area contributed by atoms with Crippen molar-refractivity contribution in [3.8, 4) is 0 Å². The number of ether oxygens (including phenoxy) is 1. The van der Waals surface area contributed by atoms with Crippen LogP contribution in [0.15, 0.2) is 4.99 Å². The third-order valence-electron chi connectivity index (χ3n) is 5.62. The van der Waals surface area contributed by atoms with E-state index in [0.29, 0.717) is 5.92 Å². The second-order valence-electron chi connectivity index (χ2n) is 9.15. The Labute approximate surface area is 167 Å². The van der Waals surface area contributed by atoms with Crippen LogP contribution in [0.4, 0.5) is 0 Å². The molecule has 27 heavy (non-hydrogen) atoms. The minimum Gasteiger partial charge on any atom is -0.379 e. The molecular weight excluding hydrogens is 338 g/mol. The van der Waals surface area contributed by atoms with Crippen LogP contribution in [0.3, 0.4) is 0 Å². The van der Waals surface area contributed by atoms with Gasteiger partial charge < -0.3 is 20.3 Å². The van der Waals surface area contributed by atoms with E-state index in [1.165, 1.54) is 32.5 Å². The topological polar surface area (TPSA) is 52.1 Å². The molecule has 6 heteroatoms. The lowest BCUT2D eigenvalue weighted by atomic mass is 9.97. The van der Waals surface area contributed by atoms with E-state index in [2.05, 4.69) is 55.1 Å². The summed E-state index contributed by atoms with van der Waals surface area (Å²) < 4.78 is 5.49. The highest BCUT2D eigenvalue weighted by molar-refractivity contribution is 5.79. The van der Waals surface area contributed by atoms with Crippen molar-refractivity contribution >= 4 is 5.96 Å². The monoisotopic (exact) mass is 381 g/mol. The van der Waals surface area contributed by atoms with Gasteiger partial charge in [-0.2, -0.15) is 0 Å². The number of likely N-dealkylation sites (tertiary alicyclic amines) is 1. The number of rotatable bonds is 8. The molecule has 0 aromatic carbocycles. The van der Waals surface area contributed by atoms with Crippen molar-refractivity contribution in [3.63, 3.8) is 0 Å². The predicted molar refractivity (Wildman–Crippen MR) is 114 cm³/mol. The normalized spacial score (nSPS) is 23.6. The number of piperidine rings is 1. The lowest BCUT2D eigenvalue weighted by Crippen LogP contribution is -2.52. The van der Waals surface area contributed by atoms with Crippen molar-refractivity contribution in [2.75, 3.05) is 65.6 Å². The summed E-state index contributed by atoms with van der Waals surface area (Å²) in [5.74, 6) is 2.42. The van der Waals surface area contributed by atoms with Gasteiger partial charge in [-0.05, 0) is 52.0 Å². The minimum atomic E-state index is 0.0605. The summed E-state index contributed by atoms with van der Waals surface area (Å²) >= 11 is 0. The van der Waals surface area contributed by atoms with Crippen molar-refractivity contribution in [3.05, 3.63) is 0 Å². The van der Waals surface area contributed by atoms with Crippen molar-refractivity contribution in [1.29, 1.82) is 0 Å². The Morgan fingerprint density at radius 3 is 2.59 bits per heavy atom. The lowest BCUT2D eigenvalue weighted by Gasteiger charge is -2.40. The number of hydrogen-bond acceptors (Lipinski definition) is 4. The first-order valence-electron chi connectivity index (χ1n) is 11.0. The van der Waals surface area contributed by atoms with Crippen molar-refractivity contribution in [2.24, 2.45) is 16.8 Å². The molecule has 0 saturated carbocycles. The molecule has 1 unspecified atom stereocenters. The van der Waals surface area contributed by atoms with E-state index in [9.17, 15) is 0 Å². The van der Waals surface area contributed by atoms with Gasteiger partial charge in [-0.3, -0.25) is 9.89 Å². The van der Waals surface area contributed by atoms with E-state index in [-0.39, 0.29) is 5.54 Å². The van der Waals surface area contributed by atoms with Crippen LogP contribution < -0.4 is 10.6 Å². The third kappa shape index (κ3) is 7.96. The number of nitrogens with one attached hydrogen (secondary N) is 2. The Kier molecular flexibility index (Phi) is 9.33. The average molecular weight is 382 g/mol. The molecule has 0 aliphatic carbocycles. The van der Waals surface area contributed by atoms with E-state index in [1.807, 2.05) is 0 Å². The largest absolute Gasteiger partial charge is 0.379 e. The number of hydrogen-bond donors (Lipinski definition) is 2. The third-order valence-corrected chi connectivity index (χ3v) is 5.62. The smallest absolute Gasteiger partial charge is 0.191 e. The van der Waals surface area contributed by atoms with Gasteiger partial charge in [-0.1, -0.05) is 13.8 Å². The molecule has 2 N–H and O–H groups in total. The summed E-state index contributed by atoms with van der Waals surface area (Å²) in [5, 5.41) is 7.03. The fourth-order valence-corrected chi connectivity index (χ4v) is 4.12. The van der Waals surface area contributed by atoms with Gasteiger partial charge in [-0.15, -0.1) is 0 Å². The molecule has 2 heterocycles. The van der Waals surface area contributed by atoms with Crippen LogP contribution in [0.5, 0.6) is 0 Å². The molecule has 2 rings (SSSR count). The molecule has 2 aliphatic rings. The standard InChI is InChI=1S/C21H43N5O/c1-6-22-20(24-17-21(4,5)26-10-12-27-13-11-26)23-14-19-8-7-9-25(16-19)15-18(2)3/h18-19H,6-17H2,1-5H3,(H2,22,23,24). The fourth-order valence-electron chi connectivity index (χ4n) is 4.12. The number of morpholine rings is 1. The van der Waals surface area contributed by atoms with Gasteiger partial charge in [0, 0.05) is 44.8 Å².